The van der Waals surface area contributed by atoms with Crippen LogP contribution in [0.15, 0.2) is 34.9 Å². The summed E-state index contributed by atoms with van der Waals surface area (Å²) in [7, 11) is 0. The molecule has 2 aromatic rings. The third-order valence-corrected chi connectivity index (χ3v) is 5.12. The number of piperidine rings is 1. The molecule has 0 radical (unpaired) electrons. The van der Waals surface area contributed by atoms with Gasteiger partial charge in [0.1, 0.15) is 0 Å². The first kappa shape index (κ1) is 16.8. The predicted molar refractivity (Wildman–Crippen MR) is 96.0 cm³/mol. The molecule has 6 nitrogen and oxygen atoms in total. The van der Waals surface area contributed by atoms with Crippen molar-refractivity contribution in [3.05, 3.63) is 53.2 Å². The molecule has 26 heavy (non-hydrogen) atoms. The molecule has 0 bridgehead atoms. The van der Waals surface area contributed by atoms with Gasteiger partial charge in [-0.3, -0.25) is 14.6 Å². The summed E-state index contributed by atoms with van der Waals surface area (Å²) in [5.41, 5.74) is 2.46. The molecule has 2 fully saturated rings. The van der Waals surface area contributed by atoms with Crippen molar-refractivity contribution in [2.24, 2.45) is 0 Å². The number of aromatic nitrogens is 1. The lowest BCUT2D eigenvalue weighted by Gasteiger charge is -2.32. The number of amides is 2. The summed E-state index contributed by atoms with van der Waals surface area (Å²) in [6.07, 6.45) is 5.24. The Morgan fingerprint density at radius 3 is 2.58 bits per heavy atom. The maximum Gasteiger partial charge on any atom is 0.289 e. The van der Waals surface area contributed by atoms with E-state index in [1.165, 1.54) is 6.26 Å². The average Bonchev–Trinajstić information content (AvgIpc) is 3.30. The zero-order valence-corrected chi connectivity index (χ0v) is 14.9. The normalized spacial score (nSPS) is 18.0. The molecule has 0 unspecified atom stereocenters. The molecule has 0 atom stereocenters. The van der Waals surface area contributed by atoms with Crippen LogP contribution in [0.2, 0.25) is 0 Å². The first-order valence-electron chi connectivity index (χ1n) is 9.23. The Hall–Kier alpha value is -2.63. The van der Waals surface area contributed by atoms with Crippen LogP contribution in [-0.4, -0.2) is 40.8 Å². The van der Waals surface area contributed by atoms with Crippen molar-refractivity contribution < 1.29 is 14.0 Å². The quantitative estimate of drug-likeness (QED) is 0.917. The van der Waals surface area contributed by atoms with Gasteiger partial charge in [0.15, 0.2) is 5.76 Å². The first-order chi connectivity index (χ1) is 12.6. The Kier molecular flexibility index (Phi) is 4.49. The lowest BCUT2D eigenvalue weighted by molar-refractivity contribution is 0.0678. The fourth-order valence-corrected chi connectivity index (χ4v) is 3.48. The number of carbonyl (C=O) groups excluding carboxylic acids is 2. The van der Waals surface area contributed by atoms with Crippen LogP contribution in [0.1, 0.15) is 63.9 Å². The van der Waals surface area contributed by atoms with Gasteiger partial charge in [-0.25, -0.2) is 0 Å². The van der Waals surface area contributed by atoms with Crippen LogP contribution >= 0.6 is 0 Å². The van der Waals surface area contributed by atoms with Crippen LogP contribution in [0.3, 0.4) is 0 Å². The number of pyridine rings is 1. The molecule has 2 aliphatic rings. The van der Waals surface area contributed by atoms with Gasteiger partial charge >= 0.3 is 0 Å². The van der Waals surface area contributed by atoms with E-state index >= 15 is 0 Å². The number of nitrogens with zero attached hydrogens (tertiary/aromatic N) is 2. The monoisotopic (exact) mass is 353 g/mol. The average molecular weight is 353 g/mol. The molecule has 1 saturated carbocycles. The van der Waals surface area contributed by atoms with Crippen LogP contribution in [0.25, 0.3) is 0 Å². The van der Waals surface area contributed by atoms with Crippen molar-refractivity contribution in [2.75, 3.05) is 13.1 Å². The Balaban J connectivity index is 1.47. The minimum absolute atomic E-state index is 0.0240. The molecule has 2 amide bonds. The van der Waals surface area contributed by atoms with E-state index in [-0.39, 0.29) is 17.7 Å². The van der Waals surface area contributed by atoms with Gasteiger partial charge in [0, 0.05) is 30.7 Å². The van der Waals surface area contributed by atoms with Crippen molar-refractivity contribution in [3.8, 4) is 0 Å². The number of furan rings is 1. The van der Waals surface area contributed by atoms with Gasteiger partial charge in [0.2, 0.25) is 0 Å². The summed E-state index contributed by atoms with van der Waals surface area (Å²) in [5, 5.41) is 3.06. The molecule has 1 saturated heterocycles. The van der Waals surface area contributed by atoms with E-state index in [2.05, 4.69) is 10.3 Å². The molecule has 3 heterocycles. The van der Waals surface area contributed by atoms with Gasteiger partial charge in [-0.15, -0.1) is 0 Å². The van der Waals surface area contributed by atoms with E-state index in [4.69, 9.17) is 4.42 Å². The van der Waals surface area contributed by atoms with Crippen molar-refractivity contribution in [1.82, 2.24) is 15.2 Å². The largest absolute Gasteiger partial charge is 0.459 e. The lowest BCUT2D eigenvalue weighted by Crippen LogP contribution is -2.38. The minimum atomic E-state index is -0.0719. The topological polar surface area (TPSA) is 75.4 Å². The smallest absolute Gasteiger partial charge is 0.289 e. The number of carbonyl (C=O) groups is 2. The molecule has 1 N–H and O–H groups in total. The summed E-state index contributed by atoms with van der Waals surface area (Å²) < 4.78 is 5.21. The van der Waals surface area contributed by atoms with Gasteiger partial charge < -0.3 is 14.6 Å². The highest BCUT2D eigenvalue weighted by Gasteiger charge is 2.30. The Labute approximate surface area is 152 Å². The highest BCUT2D eigenvalue weighted by atomic mass is 16.3. The zero-order chi connectivity index (χ0) is 18.1. The van der Waals surface area contributed by atoms with E-state index in [0.29, 0.717) is 30.5 Å². The number of rotatable bonds is 4. The molecular formula is C20H23N3O3. The SMILES string of the molecule is Cc1ccc(C(=O)NC2CC2)c(C2CCN(C(=O)c3ccco3)CC2)n1. The number of nitrogens with one attached hydrogen (secondary N) is 1. The predicted octanol–water partition coefficient (Wildman–Crippen LogP) is 2.90. The summed E-state index contributed by atoms with van der Waals surface area (Å²) in [6, 6.07) is 7.51. The van der Waals surface area contributed by atoms with Crippen molar-refractivity contribution in [1.29, 1.82) is 0 Å². The van der Waals surface area contributed by atoms with E-state index in [9.17, 15) is 9.59 Å². The van der Waals surface area contributed by atoms with Gasteiger partial charge in [-0.2, -0.15) is 0 Å². The number of hydrogen-bond donors (Lipinski definition) is 1. The van der Waals surface area contributed by atoms with Crippen LogP contribution in [0, 0.1) is 6.92 Å². The highest BCUT2D eigenvalue weighted by molar-refractivity contribution is 5.96. The second-order valence-corrected chi connectivity index (χ2v) is 7.18. The molecule has 2 aromatic heterocycles. The third-order valence-electron chi connectivity index (χ3n) is 5.12. The van der Waals surface area contributed by atoms with Crippen molar-refractivity contribution in [3.63, 3.8) is 0 Å². The molecular weight excluding hydrogens is 330 g/mol. The highest BCUT2D eigenvalue weighted by Crippen LogP contribution is 2.30. The van der Waals surface area contributed by atoms with Crippen LogP contribution < -0.4 is 5.32 Å². The van der Waals surface area contributed by atoms with Crippen molar-refractivity contribution in [2.45, 2.75) is 44.6 Å². The Bertz CT molecular complexity index is 804. The number of likely N-dealkylation sites (tertiary alicyclic amines) is 1. The van der Waals surface area contributed by atoms with Crippen LogP contribution in [-0.2, 0) is 0 Å². The fraction of sp³-hybridized carbons (Fsp3) is 0.450. The van der Waals surface area contributed by atoms with Crippen LogP contribution in [0.5, 0.6) is 0 Å². The van der Waals surface area contributed by atoms with E-state index in [1.807, 2.05) is 24.0 Å². The number of aryl methyl sites for hydroxylation is 1. The Morgan fingerprint density at radius 1 is 1.15 bits per heavy atom. The van der Waals surface area contributed by atoms with Crippen LogP contribution in [0.4, 0.5) is 0 Å². The maximum absolute atomic E-state index is 12.6. The standard InChI is InChI=1S/C20H23N3O3/c1-13-4-7-16(19(24)22-15-5-6-15)18(21-13)14-8-10-23(11-9-14)20(25)17-3-2-12-26-17/h2-4,7,12,14-15H,5-6,8-11H2,1H3,(H,22,24). The zero-order valence-electron chi connectivity index (χ0n) is 14.9. The third kappa shape index (κ3) is 3.49. The molecule has 6 heteroatoms. The molecule has 1 aliphatic carbocycles. The van der Waals surface area contributed by atoms with Crippen molar-refractivity contribution >= 4 is 11.8 Å². The van der Waals surface area contributed by atoms with Gasteiger partial charge in [0.05, 0.1) is 17.5 Å². The van der Waals surface area contributed by atoms with E-state index in [1.54, 1.807) is 12.1 Å². The molecule has 0 spiro atoms. The summed E-state index contributed by atoms with van der Waals surface area (Å²) >= 11 is 0. The number of hydrogen-bond acceptors (Lipinski definition) is 4. The Morgan fingerprint density at radius 2 is 1.92 bits per heavy atom. The van der Waals surface area contributed by atoms with E-state index in [0.717, 1.165) is 37.1 Å². The van der Waals surface area contributed by atoms with E-state index < -0.39 is 0 Å². The fourth-order valence-electron chi connectivity index (χ4n) is 3.48. The second-order valence-electron chi connectivity index (χ2n) is 7.18. The lowest BCUT2D eigenvalue weighted by atomic mass is 9.89. The molecule has 4 rings (SSSR count). The minimum Gasteiger partial charge on any atom is -0.459 e. The van der Waals surface area contributed by atoms with Gasteiger partial charge in [0.25, 0.3) is 11.8 Å². The molecule has 136 valence electrons. The summed E-state index contributed by atoms with van der Waals surface area (Å²) in [5.74, 6) is 0.471. The van der Waals surface area contributed by atoms with Gasteiger partial charge in [-0.05, 0) is 56.9 Å². The van der Waals surface area contributed by atoms with Gasteiger partial charge in [-0.1, -0.05) is 0 Å². The molecule has 1 aliphatic heterocycles. The summed E-state index contributed by atoms with van der Waals surface area (Å²) in [6.45, 7) is 3.23. The second kappa shape index (κ2) is 6.94. The summed E-state index contributed by atoms with van der Waals surface area (Å²) in [4.78, 5) is 31.5. The maximum atomic E-state index is 12.6. The molecule has 0 aromatic carbocycles. The first-order valence-corrected chi connectivity index (χ1v) is 9.23.